The van der Waals surface area contributed by atoms with Crippen molar-refractivity contribution in [2.24, 2.45) is 0 Å². The van der Waals surface area contributed by atoms with E-state index in [1.807, 2.05) is 26.0 Å². The number of pyridine rings is 1. The zero-order chi connectivity index (χ0) is 16.8. The SMILES string of the molecule is CC(C)(O)C(C)(C)OBc1ccc(Cl)c2oc3ccncc3c12. The van der Waals surface area contributed by atoms with Gasteiger partial charge in [0.15, 0.2) is 5.58 Å². The highest BCUT2D eigenvalue weighted by atomic mass is 35.5. The number of furan rings is 1. The van der Waals surface area contributed by atoms with Crippen molar-refractivity contribution in [3.8, 4) is 0 Å². The van der Waals surface area contributed by atoms with Gasteiger partial charge in [0.2, 0.25) is 0 Å². The topological polar surface area (TPSA) is 55.5 Å². The Labute approximate surface area is 140 Å². The number of nitrogens with zero attached hydrogens (tertiary/aromatic N) is 1. The van der Waals surface area contributed by atoms with Crippen molar-refractivity contribution in [3.63, 3.8) is 0 Å². The van der Waals surface area contributed by atoms with E-state index in [0.29, 0.717) is 18.1 Å². The predicted octanol–water partition coefficient (Wildman–Crippen LogP) is 3.18. The molecule has 2 aromatic heterocycles. The molecule has 4 nitrogen and oxygen atoms in total. The molecule has 0 aliphatic carbocycles. The summed E-state index contributed by atoms with van der Waals surface area (Å²) in [5.74, 6) is 0. The number of benzene rings is 1. The van der Waals surface area contributed by atoms with Crippen molar-refractivity contribution in [1.82, 2.24) is 4.98 Å². The second-order valence-electron chi connectivity index (χ2n) is 6.74. The summed E-state index contributed by atoms with van der Waals surface area (Å²) in [6, 6.07) is 5.54. The van der Waals surface area contributed by atoms with Crippen LogP contribution in [0.4, 0.5) is 0 Å². The van der Waals surface area contributed by atoms with Crippen LogP contribution in [0.5, 0.6) is 0 Å². The highest BCUT2D eigenvalue weighted by Crippen LogP contribution is 2.32. The molecule has 120 valence electrons. The van der Waals surface area contributed by atoms with Crippen LogP contribution in [0.3, 0.4) is 0 Å². The molecule has 3 rings (SSSR count). The largest absolute Gasteiger partial charge is 0.454 e. The molecule has 3 aromatic rings. The van der Waals surface area contributed by atoms with Gasteiger partial charge < -0.3 is 14.2 Å². The Bertz CT molecular complexity index is 867. The van der Waals surface area contributed by atoms with Crippen LogP contribution >= 0.6 is 11.6 Å². The number of aromatic nitrogens is 1. The lowest BCUT2D eigenvalue weighted by Gasteiger charge is -2.37. The van der Waals surface area contributed by atoms with Crippen LogP contribution in [-0.4, -0.2) is 28.8 Å². The molecular weight excluding hydrogens is 312 g/mol. The third-order valence-corrected chi connectivity index (χ3v) is 4.82. The molecule has 2 heterocycles. The van der Waals surface area contributed by atoms with Crippen LogP contribution in [0.15, 0.2) is 35.0 Å². The van der Waals surface area contributed by atoms with Gasteiger partial charge in [-0.3, -0.25) is 4.98 Å². The first kappa shape index (κ1) is 16.3. The first-order valence-electron chi connectivity index (χ1n) is 7.50. The summed E-state index contributed by atoms with van der Waals surface area (Å²) in [4.78, 5) is 4.17. The first-order chi connectivity index (χ1) is 10.7. The maximum absolute atomic E-state index is 10.2. The Morgan fingerprint density at radius 1 is 1.22 bits per heavy atom. The quantitative estimate of drug-likeness (QED) is 0.746. The minimum Gasteiger partial charge on any atom is -0.454 e. The third kappa shape index (κ3) is 2.85. The standard InChI is InChI=1S/C17H19BClNO3/c1-16(2,21)17(3,4)23-18-11-5-6-12(19)15-14(11)10-9-20-8-7-13(10)22-15/h5-9,18,21H,1-4H3. The maximum Gasteiger partial charge on any atom is 0.310 e. The van der Waals surface area contributed by atoms with Crippen LogP contribution in [0.1, 0.15) is 27.7 Å². The van der Waals surface area contributed by atoms with Gasteiger partial charge in [-0.1, -0.05) is 17.7 Å². The molecular formula is C17H19BClNO3. The van der Waals surface area contributed by atoms with Gasteiger partial charge in [0.25, 0.3) is 0 Å². The zero-order valence-electron chi connectivity index (χ0n) is 13.7. The Morgan fingerprint density at radius 3 is 2.65 bits per heavy atom. The minimum atomic E-state index is -0.960. The second kappa shape index (κ2) is 5.51. The Morgan fingerprint density at radius 2 is 1.96 bits per heavy atom. The first-order valence-corrected chi connectivity index (χ1v) is 7.88. The van der Waals surface area contributed by atoms with E-state index in [4.69, 9.17) is 20.7 Å². The van der Waals surface area contributed by atoms with Gasteiger partial charge in [-0.2, -0.15) is 0 Å². The predicted molar refractivity (Wildman–Crippen MR) is 94.8 cm³/mol. The summed E-state index contributed by atoms with van der Waals surface area (Å²) in [6.45, 7) is 7.22. The van der Waals surface area contributed by atoms with Crippen LogP contribution in [0.2, 0.25) is 5.02 Å². The molecule has 23 heavy (non-hydrogen) atoms. The van der Waals surface area contributed by atoms with Crippen molar-refractivity contribution < 1.29 is 14.2 Å². The maximum atomic E-state index is 10.2. The van der Waals surface area contributed by atoms with Gasteiger partial charge in [0.1, 0.15) is 5.58 Å². The van der Waals surface area contributed by atoms with E-state index in [1.54, 1.807) is 32.3 Å². The van der Waals surface area contributed by atoms with E-state index >= 15 is 0 Å². The smallest absolute Gasteiger partial charge is 0.310 e. The zero-order valence-corrected chi connectivity index (χ0v) is 14.4. The normalized spacial score (nSPS) is 13.0. The van der Waals surface area contributed by atoms with Crippen molar-refractivity contribution in [2.75, 3.05) is 0 Å². The van der Waals surface area contributed by atoms with E-state index in [1.165, 1.54) is 0 Å². The summed E-state index contributed by atoms with van der Waals surface area (Å²) in [7, 11) is 0.341. The van der Waals surface area contributed by atoms with Gasteiger partial charge in [-0.25, -0.2) is 0 Å². The van der Waals surface area contributed by atoms with Gasteiger partial charge in [0.05, 0.1) is 16.2 Å². The van der Waals surface area contributed by atoms with Crippen molar-refractivity contribution in [1.29, 1.82) is 0 Å². The minimum absolute atomic E-state index is 0.341. The molecule has 0 spiro atoms. The Balaban J connectivity index is 2.07. The molecule has 0 amide bonds. The number of hydrogen-bond donors (Lipinski definition) is 1. The highest BCUT2D eigenvalue weighted by Gasteiger charge is 2.35. The fourth-order valence-electron chi connectivity index (χ4n) is 2.32. The van der Waals surface area contributed by atoms with Gasteiger partial charge in [0, 0.05) is 23.2 Å². The van der Waals surface area contributed by atoms with Gasteiger partial charge in [-0.15, -0.1) is 0 Å². The molecule has 6 heteroatoms. The summed E-state index contributed by atoms with van der Waals surface area (Å²) >= 11 is 6.27. The summed E-state index contributed by atoms with van der Waals surface area (Å²) in [6.07, 6.45) is 3.45. The molecule has 0 aliphatic heterocycles. The van der Waals surface area contributed by atoms with E-state index in [-0.39, 0.29) is 0 Å². The molecule has 0 atom stereocenters. The number of hydrogen-bond acceptors (Lipinski definition) is 4. The molecule has 0 saturated heterocycles. The molecule has 1 N–H and O–H groups in total. The monoisotopic (exact) mass is 331 g/mol. The van der Waals surface area contributed by atoms with Crippen LogP contribution in [0.25, 0.3) is 21.9 Å². The van der Waals surface area contributed by atoms with E-state index in [0.717, 1.165) is 21.8 Å². The van der Waals surface area contributed by atoms with E-state index < -0.39 is 11.2 Å². The fourth-order valence-corrected chi connectivity index (χ4v) is 2.51. The number of aliphatic hydroxyl groups is 1. The lowest BCUT2D eigenvalue weighted by Crippen LogP contribution is -2.49. The van der Waals surface area contributed by atoms with Crippen LogP contribution in [0, 0.1) is 0 Å². The molecule has 0 aliphatic rings. The molecule has 1 aromatic carbocycles. The number of rotatable bonds is 4. The summed E-state index contributed by atoms with van der Waals surface area (Å²) in [5.41, 5.74) is 0.673. The van der Waals surface area contributed by atoms with Crippen LogP contribution < -0.4 is 5.46 Å². The molecule has 0 bridgehead atoms. The lowest BCUT2D eigenvalue weighted by atomic mass is 9.80. The number of fused-ring (bicyclic) bond motifs is 3. The van der Waals surface area contributed by atoms with E-state index in [2.05, 4.69) is 4.98 Å². The fraction of sp³-hybridized carbons (Fsp3) is 0.353. The second-order valence-corrected chi connectivity index (χ2v) is 7.15. The van der Waals surface area contributed by atoms with Gasteiger partial charge >= 0.3 is 7.48 Å². The van der Waals surface area contributed by atoms with Crippen molar-refractivity contribution in [2.45, 2.75) is 38.9 Å². The van der Waals surface area contributed by atoms with E-state index in [9.17, 15) is 5.11 Å². The van der Waals surface area contributed by atoms with Crippen molar-refractivity contribution >= 4 is 46.5 Å². The summed E-state index contributed by atoms with van der Waals surface area (Å²) in [5, 5.41) is 12.6. The number of halogens is 1. The average molecular weight is 332 g/mol. The third-order valence-electron chi connectivity index (χ3n) is 4.52. The Hall–Kier alpha value is -1.56. The lowest BCUT2D eigenvalue weighted by molar-refractivity contribution is -0.0893. The Kier molecular flexibility index (Phi) is 3.91. The molecule has 0 radical (unpaired) electrons. The summed E-state index contributed by atoms with van der Waals surface area (Å²) < 4.78 is 11.8. The average Bonchev–Trinajstić information content (AvgIpc) is 2.86. The molecule has 0 saturated carbocycles. The van der Waals surface area contributed by atoms with Crippen molar-refractivity contribution in [3.05, 3.63) is 35.6 Å². The highest BCUT2D eigenvalue weighted by molar-refractivity contribution is 6.54. The van der Waals surface area contributed by atoms with Crippen LogP contribution in [-0.2, 0) is 4.65 Å². The molecule has 0 fully saturated rings. The van der Waals surface area contributed by atoms with Gasteiger partial charge in [-0.05, 0) is 45.3 Å². The molecule has 0 unspecified atom stereocenters.